The van der Waals surface area contributed by atoms with Crippen LogP contribution in [0.25, 0.3) is 0 Å². The maximum Gasteiger partial charge on any atom is 0.230 e. The number of carbonyl (C=O) groups excluding carboxylic acids is 2. The van der Waals surface area contributed by atoms with Crippen molar-refractivity contribution in [2.45, 2.75) is 19.3 Å². The number of hydrogen-bond donors (Lipinski definition) is 1. The Morgan fingerprint density at radius 2 is 2.19 bits per heavy atom. The first-order valence-electron chi connectivity index (χ1n) is 5.17. The van der Waals surface area contributed by atoms with Crippen LogP contribution in [-0.4, -0.2) is 11.8 Å². The highest BCUT2D eigenvalue weighted by atomic mass is 19.1. The van der Waals surface area contributed by atoms with Gasteiger partial charge in [0, 0.05) is 6.42 Å². The number of rotatable bonds is 2. The van der Waals surface area contributed by atoms with Crippen molar-refractivity contribution in [3.8, 4) is 0 Å². The molecule has 1 aliphatic heterocycles. The van der Waals surface area contributed by atoms with E-state index >= 15 is 0 Å². The number of nitrogens with one attached hydrogen (secondary N) is 1. The van der Waals surface area contributed by atoms with Gasteiger partial charge in [0.25, 0.3) is 0 Å². The quantitative estimate of drug-likeness (QED) is 0.771. The lowest BCUT2D eigenvalue weighted by molar-refractivity contribution is -0.126. The van der Waals surface area contributed by atoms with Crippen molar-refractivity contribution in [1.29, 1.82) is 0 Å². The van der Waals surface area contributed by atoms with E-state index in [1.807, 2.05) is 6.92 Å². The molecule has 0 aliphatic carbocycles. The zero-order valence-corrected chi connectivity index (χ0v) is 8.87. The minimum absolute atomic E-state index is 0.151. The van der Waals surface area contributed by atoms with Crippen LogP contribution < -0.4 is 5.32 Å². The van der Waals surface area contributed by atoms with Crippen molar-refractivity contribution in [3.05, 3.63) is 35.6 Å². The maximum atomic E-state index is 13.0. The van der Waals surface area contributed by atoms with Crippen LogP contribution in [0.2, 0.25) is 0 Å². The lowest BCUT2D eigenvalue weighted by Crippen LogP contribution is -2.24. The van der Waals surface area contributed by atoms with Gasteiger partial charge in [-0.05, 0) is 23.6 Å². The molecule has 0 aromatic heterocycles. The molecule has 0 saturated carbocycles. The molecule has 0 spiro atoms. The standard InChI is InChI=1S/C12H12FNO2/c1-7(8-3-2-4-9(13)5-8)10-6-11(15)14-12(10)16/h2-5,7,10H,6H2,1H3,(H,14,15,16). The van der Waals surface area contributed by atoms with Crippen molar-refractivity contribution in [3.63, 3.8) is 0 Å². The summed E-state index contributed by atoms with van der Waals surface area (Å²) in [5.74, 6) is -1.37. The molecule has 1 N–H and O–H groups in total. The second-order valence-electron chi connectivity index (χ2n) is 4.07. The SMILES string of the molecule is CC(c1cccc(F)c1)C1CC(=O)NC1=O. The van der Waals surface area contributed by atoms with Crippen molar-refractivity contribution < 1.29 is 14.0 Å². The highest BCUT2D eigenvalue weighted by Crippen LogP contribution is 2.29. The average molecular weight is 221 g/mol. The van der Waals surface area contributed by atoms with Crippen LogP contribution in [-0.2, 0) is 9.59 Å². The van der Waals surface area contributed by atoms with E-state index in [1.54, 1.807) is 12.1 Å². The molecule has 2 amide bonds. The van der Waals surface area contributed by atoms with E-state index in [0.717, 1.165) is 5.56 Å². The topological polar surface area (TPSA) is 46.2 Å². The molecule has 84 valence electrons. The Morgan fingerprint density at radius 3 is 2.75 bits per heavy atom. The molecule has 2 unspecified atom stereocenters. The normalized spacial score (nSPS) is 22.0. The number of carbonyl (C=O) groups is 2. The maximum absolute atomic E-state index is 13.0. The third-order valence-electron chi connectivity index (χ3n) is 2.98. The van der Waals surface area contributed by atoms with Gasteiger partial charge in [-0.15, -0.1) is 0 Å². The molecule has 1 aromatic carbocycles. The molecule has 0 bridgehead atoms. The molecule has 1 fully saturated rings. The van der Waals surface area contributed by atoms with Gasteiger partial charge in [0.15, 0.2) is 0 Å². The smallest absolute Gasteiger partial charge is 0.230 e. The minimum Gasteiger partial charge on any atom is -0.296 e. The van der Waals surface area contributed by atoms with Crippen molar-refractivity contribution >= 4 is 11.8 Å². The summed E-state index contributed by atoms with van der Waals surface area (Å²) in [7, 11) is 0. The van der Waals surface area contributed by atoms with E-state index in [9.17, 15) is 14.0 Å². The number of hydrogen-bond acceptors (Lipinski definition) is 2. The molecule has 1 aromatic rings. The summed E-state index contributed by atoms with van der Waals surface area (Å²) in [6.07, 6.45) is 0.191. The summed E-state index contributed by atoms with van der Waals surface area (Å²) in [6, 6.07) is 6.14. The molecule has 2 atom stereocenters. The fourth-order valence-corrected chi connectivity index (χ4v) is 2.00. The lowest BCUT2D eigenvalue weighted by Gasteiger charge is -2.16. The first-order valence-corrected chi connectivity index (χ1v) is 5.17. The van der Waals surface area contributed by atoms with Crippen LogP contribution in [0.5, 0.6) is 0 Å². The Kier molecular flexibility index (Phi) is 2.73. The first kappa shape index (κ1) is 10.8. The molecule has 0 radical (unpaired) electrons. The van der Waals surface area contributed by atoms with Crippen LogP contribution >= 0.6 is 0 Å². The van der Waals surface area contributed by atoms with E-state index in [0.29, 0.717) is 0 Å². The van der Waals surface area contributed by atoms with E-state index in [2.05, 4.69) is 5.32 Å². The summed E-state index contributed by atoms with van der Waals surface area (Å²) in [5.41, 5.74) is 0.745. The summed E-state index contributed by atoms with van der Waals surface area (Å²) in [4.78, 5) is 22.5. The van der Waals surface area contributed by atoms with Gasteiger partial charge in [0.2, 0.25) is 11.8 Å². The van der Waals surface area contributed by atoms with Gasteiger partial charge in [-0.2, -0.15) is 0 Å². The Morgan fingerprint density at radius 1 is 1.44 bits per heavy atom. The molecule has 1 aliphatic rings. The number of halogens is 1. The molecule has 3 nitrogen and oxygen atoms in total. The molecule has 4 heteroatoms. The van der Waals surface area contributed by atoms with Crippen LogP contribution in [0.15, 0.2) is 24.3 Å². The Balaban J connectivity index is 2.22. The van der Waals surface area contributed by atoms with Gasteiger partial charge in [-0.3, -0.25) is 14.9 Å². The van der Waals surface area contributed by atoms with Gasteiger partial charge in [0.1, 0.15) is 5.82 Å². The highest BCUT2D eigenvalue weighted by Gasteiger charge is 2.35. The van der Waals surface area contributed by atoms with E-state index in [-0.39, 0.29) is 35.9 Å². The zero-order valence-electron chi connectivity index (χ0n) is 8.87. The Bertz CT molecular complexity index is 444. The van der Waals surface area contributed by atoms with Gasteiger partial charge in [0.05, 0.1) is 5.92 Å². The Hall–Kier alpha value is -1.71. The average Bonchev–Trinajstić information content (AvgIpc) is 2.57. The Labute approximate surface area is 92.7 Å². The summed E-state index contributed by atoms with van der Waals surface area (Å²) in [5, 5.41) is 2.26. The second-order valence-corrected chi connectivity index (χ2v) is 4.07. The number of benzene rings is 1. The summed E-state index contributed by atoms with van der Waals surface area (Å²) < 4.78 is 13.0. The summed E-state index contributed by atoms with van der Waals surface area (Å²) >= 11 is 0. The molecule has 16 heavy (non-hydrogen) atoms. The molecule has 2 rings (SSSR count). The minimum atomic E-state index is -0.380. The third-order valence-corrected chi connectivity index (χ3v) is 2.98. The first-order chi connectivity index (χ1) is 7.58. The highest BCUT2D eigenvalue weighted by molar-refractivity contribution is 6.03. The monoisotopic (exact) mass is 221 g/mol. The predicted octanol–water partition coefficient (Wildman–Crippen LogP) is 1.59. The molecular formula is C12H12FNO2. The number of imide groups is 1. The molecule has 1 heterocycles. The second kappa shape index (κ2) is 4.04. The zero-order chi connectivity index (χ0) is 11.7. The van der Waals surface area contributed by atoms with Gasteiger partial charge in [-0.25, -0.2) is 4.39 Å². The van der Waals surface area contributed by atoms with Crippen LogP contribution in [0.4, 0.5) is 4.39 Å². The van der Waals surface area contributed by atoms with Crippen LogP contribution in [0, 0.1) is 11.7 Å². The van der Waals surface area contributed by atoms with Gasteiger partial charge in [-0.1, -0.05) is 19.1 Å². The fourth-order valence-electron chi connectivity index (χ4n) is 2.00. The van der Waals surface area contributed by atoms with Crippen molar-refractivity contribution in [2.24, 2.45) is 5.92 Å². The third kappa shape index (κ3) is 1.96. The fraction of sp³-hybridized carbons (Fsp3) is 0.333. The van der Waals surface area contributed by atoms with E-state index in [1.165, 1.54) is 12.1 Å². The lowest BCUT2D eigenvalue weighted by atomic mass is 9.86. The van der Waals surface area contributed by atoms with Crippen LogP contribution in [0.3, 0.4) is 0 Å². The van der Waals surface area contributed by atoms with E-state index in [4.69, 9.17) is 0 Å². The van der Waals surface area contributed by atoms with Crippen molar-refractivity contribution in [1.82, 2.24) is 5.32 Å². The van der Waals surface area contributed by atoms with Crippen LogP contribution in [0.1, 0.15) is 24.8 Å². The van der Waals surface area contributed by atoms with Crippen molar-refractivity contribution in [2.75, 3.05) is 0 Å². The molecule has 1 saturated heterocycles. The number of amides is 2. The predicted molar refractivity (Wildman–Crippen MR) is 56.1 cm³/mol. The molecular weight excluding hydrogens is 209 g/mol. The van der Waals surface area contributed by atoms with Gasteiger partial charge >= 0.3 is 0 Å². The largest absolute Gasteiger partial charge is 0.296 e. The van der Waals surface area contributed by atoms with E-state index < -0.39 is 0 Å². The summed E-state index contributed by atoms with van der Waals surface area (Å²) in [6.45, 7) is 1.83. The van der Waals surface area contributed by atoms with Gasteiger partial charge < -0.3 is 0 Å².